The van der Waals surface area contributed by atoms with Gasteiger partial charge in [-0.25, -0.2) is 31.7 Å². The third kappa shape index (κ3) is 6.16. The van der Waals surface area contributed by atoms with E-state index in [2.05, 4.69) is 14.4 Å². The molecule has 0 amide bonds. The number of alkyl halides is 3. The zero-order chi connectivity index (χ0) is 20.3. The lowest BCUT2D eigenvalue weighted by Gasteiger charge is -2.12. The molecule has 0 fully saturated rings. The summed E-state index contributed by atoms with van der Waals surface area (Å²) in [5.74, 6) is -0.359. The van der Waals surface area contributed by atoms with Crippen LogP contribution in [0.1, 0.15) is 5.56 Å². The van der Waals surface area contributed by atoms with Crippen LogP contribution in [0.5, 0.6) is 5.88 Å². The van der Waals surface area contributed by atoms with Crippen molar-refractivity contribution in [2.75, 3.05) is 6.61 Å². The van der Waals surface area contributed by atoms with E-state index in [0.717, 1.165) is 24.3 Å². The number of halogens is 3. The van der Waals surface area contributed by atoms with Crippen LogP contribution in [-0.2, 0) is 26.6 Å². The quantitative estimate of drug-likeness (QED) is 0.685. The first-order valence-corrected chi connectivity index (χ1v) is 10.2. The molecule has 8 nitrogen and oxygen atoms in total. The van der Waals surface area contributed by atoms with E-state index in [1.165, 1.54) is 18.3 Å². The van der Waals surface area contributed by atoms with Crippen LogP contribution in [-0.4, -0.2) is 34.6 Å². The van der Waals surface area contributed by atoms with Crippen molar-refractivity contribution in [1.82, 2.24) is 9.71 Å². The summed E-state index contributed by atoms with van der Waals surface area (Å²) in [7, 11) is -8.05. The fourth-order valence-corrected chi connectivity index (χ4v) is 3.43. The van der Waals surface area contributed by atoms with Gasteiger partial charge in [-0.05, 0) is 30.3 Å². The maximum atomic E-state index is 12.3. The predicted octanol–water partition coefficient (Wildman–Crippen LogP) is 1.15. The molecule has 0 radical (unpaired) electrons. The van der Waals surface area contributed by atoms with E-state index in [0.29, 0.717) is 0 Å². The SMILES string of the molecule is NS(=O)(=O)c1ccc(S(=O)(=O)NCc2cccnc2OCC(F)(F)F)cc1. The molecule has 2 rings (SSSR count). The fraction of sp³-hybridized carbons (Fsp3) is 0.214. The number of hydrogen-bond acceptors (Lipinski definition) is 6. The molecular weight excluding hydrogens is 411 g/mol. The van der Waals surface area contributed by atoms with Gasteiger partial charge in [0.25, 0.3) is 0 Å². The molecule has 0 saturated carbocycles. The van der Waals surface area contributed by atoms with Crippen molar-refractivity contribution < 1.29 is 34.7 Å². The lowest BCUT2D eigenvalue weighted by atomic mass is 10.3. The van der Waals surface area contributed by atoms with E-state index < -0.39 is 32.8 Å². The summed E-state index contributed by atoms with van der Waals surface area (Å²) >= 11 is 0. The maximum absolute atomic E-state index is 12.3. The van der Waals surface area contributed by atoms with E-state index in [9.17, 15) is 30.0 Å². The van der Waals surface area contributed by atoms with Crippen molar-refractivity contribution in [1.29, 1.82) is 0 Å². The average Bonchev–Trinajstić information content (AvgIpc) is 2.57. The zero-order valence-corrected chi connectivity index (χ0v) is 15.1. The Kier molecular flexibility index (Phi) is 6.09. The number of ether oxygens (including phenoxy) is 1. The second kappa shape index (κ2) is 7.80. The third-order valence-corrected chi connectivity index (χ3v) is 5.48. The molecule has 0 saturated heterocycles. The summed E-state index contributed by atoms with van der Waals surface area (Å²) in [5.41, 5.74) is 0.0893. The highest BCUT2D eigenvalue weighted by Gasteiger charge is 2.29. The standard InChI is InChI=1S/C14H14F3N3O5S2/c15-14(16,17)9-25-13-10(2-1-7-19-13)8-20-27(23,24)12-5-3-11(4-6-12)26(18,21)22/h1-7,20H,8-9H2,(H2,18,21,22). The molecule has 0 aliphatic heterocycles. The topological polar surface area (TPSA) is 128 Å². The predicted molar refractivity (Wildman–Crippen MR) is 87.6 cm³/mol. The van der Waals surface area contributed by atoms with Crippen LogP contribution < -0.4 is 14.6 Å². The number of primary sulfonamides is 1. The first kappa shape index (κ1) is 21.1. The molecule has 3 N–H and O–H groups in total. The maximum Gasteiger partial charge on any atom is 0.422 e. The molecular formula is C14H14F3N3O5S2. The lowest BCUT2D eigenvalue weighted by molar-refractivity contribution is -0.154. The van der Waals surface area contributed by atoms with Crippen molar-refractivity contribution in [3.63, 3.8) is 0 Å². The molecule has 148 valence electrons. The van der Waals surface area contributed by atoms with E-state index in [1.807, 2.05) is 0 Å². The molecule has 0 aliphatic rings. The number of rotatable bonds is 7. The van der Waals surface area contributed by atoms with Crippen molar-refractivity contribution in [3.8, 4) is 5.88 Å². The van der Waals surface area contributed by atoms with Crippen molar-refractivity contribution in [2.45, 2.75) is 22.5 Å². The highest BCUT2D eigenvalue weighted by Crippen LogP contribution is 2.20. The van der Waals surface area contributed by atoms with Crippen LogP contribution in [0.25, 0.3) is 0 Å². The van der Waals surface area contributed by atoms with Gasteiger partial charge in [0, 0.05) is 18.3 Å². The van der Waals surface area contributed by atoms with Crippen molar-refractivity contribution in [3.05, 3.63) is 48.2 Å². The van der Waals surface area contributed by atoms with Crippen LogP contribution in [0.15, 0.2) is 52.4 Å². The first-order valence-electron chi connectivity index (χ1n) is 7.14. The number of aromatic nitrogens is 1. The Labute approximate surface area is 153 Å². The van der Waals surface area contributed by atoms with E-state index in [1.54, 1.807) is 0 Å². The van der Waals surface area contributed by atoms with E-state index in [4.69, 9.17) is 5.14 Å². The molecule has 0 aliphatic carbocycles. The van der Waals surface area contributed by atoms with Gasteiger partial charge < -0.3 is 4.74 Å². The molecule has 27 heavy (non-hydrogen) atoms. The smallest absolute Gasteiger partial charge is 0.422 e. The van der Waals surface area contributed by atoms with Crippen molar-refractivity contribution >= 4 is 20.0 Å². The number of nitrogens with zero attached hydrogens (tertiary/aromatic N) is 1. The Morgan fingerprint density at radius 2 is 1.63 bits per heavy atom. The minimum Gasteiger partial charge on any atom is -0.468 e. The molecule has 1 heterocycles. The fourth-order valence-electron chi connectivity index (χ4n) is 1.90. The molecule has 2 aromatic rings. The highest BCUT2D eigenvalue weighted by molar-refractivity contribution is 7.89. The van der Waals surface area contributed by atoms with Crippen LogP contribution >= 0.6 is 0 Å². The molecule has 0 unspecified atom stereocenters. The summed E-state index contributed by atoms with van der Waals surface area (Å²) in [6.07, 6.45) is -3.37. The molecule has 0 bridgehead atoms. The van der Waals surface area contributed by atoms with Gasteiger partial charge in [0.15, 0.2) is 6.61 Å². The molecule has 1 aromatic carbocycles. The second-order valence-corrected chi connectivity index (χ2v) is 8.54. The largest absolute Gasteiger partial charge is 0.468 e. The minimum atomic E-state index is -4.57. The monoisotopic (exact) mass is 425 g/mol. The van der Waals surface area contributed by atoms with Crippen LogP contribution in [0.2, 0.25) is 0 Å². The minimum absolute atomic E-state index is 0.0893. The second-order valence-electron chi connectivity index (χ2n) is 5.21. The number of pyridine rings is 1. The Hall–Kier alpha value is -2.22. The molecule has 1 aromatic heterocycles. The van der Waals surface area contributed by atoms with Crippen LogP contribution in [0.3, 0.4) is 0 Å². The Bertz CT molecular complexity index is 1010. The summed E-state index contributed by atoms with van der Waals surface area (Å²) in [4.78, 5) is 3.14. The highest BCUT2D eigenvalue weighted by atomic mass is 32.2. The van der Waals surface area contributed by atoms with Gasteiger partial charge in [-0.3, -0.25) is 0 Å². The Balaban J connectivity index is 2.14. The molecule has 0 atom stereocenters. The number of nitrogens with two attached hydrogens (primary N) is 1. The van der Waals surface area contributed by atoms with Gasteiger partial charge in [0.1, 0.15) is 0 Å². The summed E-state index contributed by atoms with van der Waals surface area (Å²) in [6.45, 7) is -1.96. The first-order chi connectivity index (χ1) is 12.4. The van der Waals surface area contributed by atoms with Gasteiger partial charge in [-0.1, -0.05) is 6.07 Å². The Morgan fingerprint density at radius 3 is 2.19 bits per heavy atom. The van der Waals surface area contributed by atoms with Crippen LogP contribution in [0.4, 0.5) is 13.2 Å². The van der Waals surface area contributed by atoms with Gasteiger partial charge >= 0.3 is 6.18 Å². The molecule has 13 heteroatoms. The van der Waals surface area contributed by atoms with Gasteiger partial charge in [-0.15, -0.1) is 0 Å². The van der Waals surface area contributed by atoms with Gasteiger partial charge in [0.05, 0.1) is 9.79 Å². The van der Waals surface area contributed by atoms with Crippen LogP contribution in [0, 0.1) is 0 Å². The zero-order valence-electron chi connectivity index (χ0n) is 13.5. The number of benzene rings is 1. The summed E-state index contributed by atoms with van der Waals surface area (Å²) < 4.78 is 90.5. The van der Waals surface area contributed by atoms with E-state index >= 15 is 0 Å². The normalized spacial score (nSPS) is 12.7. The summed E-state index contributed by atoms with van der Waals surface area (Å²) in [5, 5.41) is 4.93. The number of nitrogens with one attached hydrogen (secondary N) is 1. The average molecular weight is 425 g/mol. The summed E-state index contributed by atoms with van der Waals surface area (Å²) in [6, 6.07) is 6.87. The number of sulfonamides is 2. The lowest BCUT2D eigenvalue weighted by Crippen LogP contribution is -2.25. The number of hydrogen-bond donors (Lipinski definition) is 2. The van der Waals surface area contributed by atoms with E-state index in [-0.39, 0.29) is 27.8 Å². The Morgan fingerprint density at radius 1 is 1.04 bits per heavy atom. The van der Waals surface area contributed by atoms with Gasteiger partial charge in [0.2, 0.25) is 25.9 Å². The van der Waals surface area contributed by atoms with Crippen molar-refractivity contribution in [2.24, 2.45) is 5.14 Å². The third-order valence-electron chi connectivity index (χ3n) is 3.14. The molecule has 0 spiro atoms. The van der Waals surface area contributed by atoms with Gasteiger partial charge in [-0.2, -0.15) is 13.2 Å².